The standard InChI is InChI=1S/C14H12F10/c1-3-5(15)7(17)9(19)11(21)13(23)14(24)12(22)10(20)8(18)6(16)4-2/h1-2,5-14H. The van der Waals surface area contributed by atoms with Crippen LogP contribution in [0.5, 0.6) is 0 Å². The summed E-state index contributed by atoms with van der Waals surface area (Å²) in [5.41, 5.74) is 0. The number of terminal acetylenes is 2. The Morgan fingerprint density at radius 1 is 0.375 bits per heavy atom. The second kappa shape index (κ2) is 9.65. The second-order valence-electron chi connectivity index (χ2n) is 4.69. The molecule has 0 bridgehead atoms. The van der Waals surface area contributed by atoms with Crippen LogP contribution in [0.25, 0.3) is 0 Å². The summed E-state index contributed by atoms with van der Waals surface area (Å²) in [6.45, 7) is 0. The molecule has 138 valence electrons. The molecular weight excluding hydrogens is 358 g/mol. The van der Waals surface area contributed by atoms with E-state index in [1.165, 1.54) is 0 Å². The van der Waals surface area contributed by atoms with Gasteiger partial charge >= 0.3 is 0 Å². The minimum absolute atomic E-state index is 1.03. The summed E-state index contributed by atoms with van der Waals surface area (Å²) in [6.07, 6.45) is -26.6. The Kier molecular flexibility index (Phi) is 9.02. The van der Waals surface area contributed by atoms with Crippen LogP contribution in [0.4, 0.5) is 43.9 Å². The Bertz CT molecular complexity index is 415. The van der Waals surface area contributed by atoms with Crippen LogP contribution in [0, 0.1) is 24.7 Å². The maximum atomic E-state index is 13.3. The summed E-state index contributed by atoms with van der Waals surface area (Å²) in [7, 11) is 0. The number of alkyl halides is 10. The van der Waals surface area contributed by atoms with Crippen LogP contribution in [-0.2, 0) is 0 Å². The summed E-state index contributed by atoms with van der Waals surface area (Å²) >= 11 is 0. The highest BCUT2D eigenvalue weighted by atomic mass is 19.2. The summed E-state index contributed by atoms with van der Waals surface area (Å²) in [5.74, 6) is 2.07. The van der Waals surface area contributed by atoms with Crippen LogP contribution in [0.15, 0.2) is 0 Å². The molecule has 0 N–H and O–H groups in total. The molecule has 0 aromatic carbocycles. The lowest BCUT2D eigenvalue weighted by Crippen LogP contribution is -2.48. The number of rotatable bonds is 9. The molecule has 0 saturated heterocycles. The molecule has 0 aromatic heterocycles. The van der Waals surface area contributed by atoms with E-state index in [2.05, 4.69) is 12.8 Å². The van der Waals surface area contributed by atoms with Crippen molar-refractivity contribution in [3.05, 3.63) is 0 Å². The quantitative estimate of drug-likeness (QED) is 0.430. The second-order valence-corrected chi connectivity index (χ2v) is 4.69. The largest absolute Gasteiger partial charge is 0.241 e. The van der Waals surface area contributed by atoms with Gasteiger partial charge in [-0.2, -0.15) is 0 Å². The van der Waals surface area contributed by atoms with E-state index in [0.717, 1.165) is 11.8 Å². The first kappa shape index (κ1) is 22.4. The van der Waals surface area contributed by atoms with Crippen molar-refractivity contribution in [1.29, 1.82) is 0 Å². The number of halogens is 10. The van der Waals surface area contributed by atoms with Gasteiger partial charge in [0.2, 0.25) is 0 Å². The van der Waals surface area contributed by atoms with Crippen LogP contribution in [0.3, 0.4) is 0 Å². The Balaban J connectivity index is 5.00. The monoisotopic (exact) mass is 370 g/mol. The third kappa shape index (κ3) is 5.22. The molecule has 10 unspecified atom stereocenters. The highest BCUT2D eigenvalue weighted by Crippen LogP contribution is 2.29. The highest BCUT2D eigenvalue weighted by Gasteiger charge is 2.49. The minimum Gasteiger partial charge on any atom is -0.241 e. The van der Waals surface area contributed by atoms with E-state index in [9.17, 15) is 43.9 Å². The van der Waals surface area contributed by atoms with Crippen LogP contribution >= 0.6 is 0 Å². The van der Waals surface area contributed by atoms with Crippen molar-refractivity contribution in [2.75, 3.05) is 0 Å². The van der Waals surface area contributed by atoms with Gasteiger partial charge in [-0.3, -0.25) is 0 Å². The van der Waals surface area contributed by atoms with E-state index in [1.807, 2.05) is 0 Å². The van der Waals surface area contributed by atoms with E-state index < -0.39 is 61.7 Å². The minimum atomic E-state index is -3.84. The van der Waals surface area contributed by atoms with Gasteiger partial charge in [-0.25, -0.2) is 43.9 Å². The molecular formula is C14H12F10. The molecule has 0 radical (unpaired) electrons. The predicted octanol–water partition coefficient (Wildman–Crippen LogP) is 3.63. The van der Waals surface area contributed by atoms with Gasteiger partial charge in [0.15, 0.2) is 61.7 Å². The van der Waals surface area contributed by atoms with Crippen molar-refractivity contribution < 1.29 is 43.9 Å². The summed E-state index contributed by atoms with van der Waals surface area (Å²) < 4.78 is 131. The zero-order chi connectivity index (χ0) is 19.2. The number of hydrogen-bond acceptors (Lipinski definition) is 0. The van der Waals surface area contributed by atoms with Gasteiger partial charge in [0.1, 0.15) is 0 Å². The SMILES string of the molecule is C#CC(F)C(F)C(F)C(F)C(F)C(F)C(F)C(F)C(F)C(F)C#C. The molecule has 0 spiro atoms. The summed E-state index contributed by atoms with van der Waals surface area (Å²) in [4.78, 5) is 0. The lowest BCUT2D eigenvalue weighted by molar-refractivity contribution is -0.0550. The molecule has 24 heavy (non-hydrogen) atoms. The molecule has 10 heteroatoms. The molecule has 0 saturated carbocycles. The first-order valence-corrected chi connectivity index (χ1v) is 6.34. The fraction of sp³-hybridized carbons (Fsp3) is 0.714. The van der Waals surface area contributed by atoms with Crippen LogP contribution < -0.4 is 0 Å². The van der Waals surface area contributed by atoms with Gasteiger partial charge in [0.05, 0.1) is 0 Å². The van der Waals surface area contributed by atoms with Gasteiger partial charge in [-0.1, -0.05) is 11.8 Å². The maximum absolute atomic E-state index is 13.3. The Labute approximate surface area is 131 Å². The van der Waals surface area contributed by atoms with E-state index in [1.54, 1.807) is 0 Å². The summed E-state index contributed by atoms with van der Waals surface area (Å²) in [6, 6.07) is 0. The van der Waals surface area contributed by atoms with E-state index >= 15 is 0 Å². The molecule has 0 nitrogen and oxygen atoms in total. The van der Waals surface area contributed by atoms with E-state index in [0.29, 0.717) is 0 Å². The van der Waals surface area contributed by atoms with Crippen molar-refractivity contribution in [2.45, 2.75) is 61.7 Å². The van der Waals surface area contributed by atoms with Crippen LogP contribution in [0.2, 0.25) is 0 Å². The molecule has 0 amide bonds. The van der Waals surface area contributed by atoms with Crippen molar-refractivity contribution in [3.63, 3.8) is 0 Å². The number of hydrogen-bond donors (Lipinski definition) is 0. The van der Waals surface area contributed by atoms with Gasteiger partial charge in [-0.15, -0.1) is 12.8 Å². The Morgan fingerprint density at radius 2 is 0.542 bits per heavy atom. The lowest BCUT2D eigenvalue weighted by atomic mass is 9.96. The van der Waals surface area contributed by atoms with Crippen molar-refractivity contribution in [2.24, 2.45) is 0 Å². The third-order valence-corrected chi connectivity index (χ3v) is 3.01. The van der Waals surface area contributed by atoms with E-state index in [4.69, 9.17) is 0 Å². The Morgan fingerprint density at radius 3 is 0.708 bits per heavy atom. The Hall–Kier alpha value is -1.58. The first-order chi connectivity index (χ1) is 11.0. The van der Waals surface area contributed by atoms with Gasteiger partial charge in [0, 0.05) is 0 Å². The van der Waals surface area contributed by atoms with Gasteiger partial charge < -0.3 is 0 Å². The fourth-order valence-electron chi connectivity index (χ4n) is 1.56. The van der Waals surface area contributed by atoms with Gasteiger partial charge in [-0.05, 0) is 0 Å². The fourth-order valence-corrected chi connectivity index (χ4v) is 1.56. The normalized spacial score (nSPS) is 24.2. The topological polar surface area (TPSA) is 0 Å². The smallest absolute Gasteiger partial charge is 0.194 e. The zero-order valence-electron chi connectivity index (χ0n) is 11.7. The molecule has 0 aromatic rings. The maximum Gasteiger partial charge on any atom is 0.194 e. The van der Waals surface area contributed by atoms with E-state index in [-0.39, 0.29) is 0 Å². The molecule has 0 aliphatic heterocycles. The molecule has 0 aliphatic rings. The van der Waals surface area contributed by atoms with Crippen LogP contribution in [0.1, 0.15) is 0 Å². The lowest BCUT2D eigenvalue weighted by Gasteiger charge is -2.26. The van der Waals surface area contributed by atoms with Crippen molar-refractivity contribution in [1.82, 2.24) is 0 Å². The average molecular weight is 370 g/mol. The first-order valence-electron chi connectivity index (χ1n) is 6.34. The summed E-state index contributed by atoms with van der Waals surface area (Å²) in [5, 5.41) is 0. The molecule has 0 aliphatic carbocycles. The molecule has 0 rings (SSSR count). The van der Waals surface area contributed by atoms with Crippen molar-refractivity contribution in [3.8, 4) is 24.7 Å². The van der Waals surface area contributed by atoms with Crippen LogP contribution in [-0.4, -0.2) is 61.7 Å². The molecule has 10 atom stereocenters. The van der Waals surface area contributed by atoms with Gasteiger partial charge in [0.25, 0.3) is 0 Å². The average Bonchev–Trinajstić information content (AvgIpc) is 2.61. The zero-order valence-corrected chi connectivity index (χ0v) is 11.7. The molecule has 0 fully saturated rings. The predicted molar refractivity (Wildman–Crippen MR) is 66.6 cm³/mol. The van der Waals surface area contributed by atoms with Crippen molar-refractivity contribution >= 4 is 0 Å². The highest BCUT2D eigenvalue weighted by molar-refractivity contribution is 5.04. The third-order valence-electron chi connectivity index (χ3n) is 3.01. The molecule has 0 heterocycles.